The molecule has 0 saturated heterocycles. The molecule has 16 heavy (non-hydrogen) atoms. The van der Waals surface area contributed by atoms with E-state index in [2.05, 4.69) is 26.6 Å². The number of rotatable bonds is 3. The van der Waals surface area contributed by atoms with Crippen molar-refractivity contribution < 1.29 is 4.39 Å². The molecule has 0 saturated carbocycles. The van der Waals surface area contributed by atoms with E-state index in [1.54, 1.807) is 23.5 Å². The van der Waals surface area contributed by atoms with E-state index in [4.69, 9.17) is 0 Å². The van der Waals surface area contributed by atoms with Crippen LogP contribution in [0.15, 0.2) is 39.5 Å². The molecule has 1 atom stereocenters. The van der Waals surface area contributed by atoms with Crippen LogP contribution < -0.4 is 5.32 Å². The lowest BCUT2D eigenvalue weighted by Gasteiger charge is -2.17. The van der Waals surface area contributed by atoms with E-state index in [-0.39, 0.29) is 11.9 Å². The maximum Gasteiger partial charge on any atom is 0.123 e. The standard InChI is InChI=1S/C12H11BrFNS/c1-15-12(8-4-5-16-7-8)10-6-9(14)2-3-11(10)13/h2-7,12,15H,1H3. The molecule has 0 aliphatic heterocycles. The van der Waals surface area contributed by atoms with Crippen LogP contribution in [0.25, 0.3) is 0 Å². The molecule has 84 valence electrons. The van der Waals surface area contributed by atoms with Crippen molar-refractivity contribution in [3.63, 3.8) is 0 Å². The van der Waals surface area contributed by atoms with Gasteiger partial charge in [0.1, 0.15) is 5.82 Å². The molecular weight excluding hydrogens is 289 g/mol. The quantitative estimate of drug-likeness (QED) is 0.905. The van der Waals surface area contributed by atoms with Crippen LogP contribution in [-0.4, -0.2) is 7.05 Å². The van der Waals surface area contributed by atoms with Crippen molar-refractivity contribution in [2.24, 2.45) is 0 Å². The highest BCUT2D eigenvalue weighted by atomic mass is 79.9. The first-order valence-corrected chi connectivity index (χ1v) is 6.60. The molecule has 2 rings (SSSR count). The van der Waals surface area contributed by atoms with E-state index in [1.165, 1.54) is 6.07 Å². The van der Waals surface area contributed by atoms with Crippen molar-refractivity contribution in [3.8, 4) is 0 Å². The van der Waals surface area contributed by atoms with Gasteiger partial charge in [0.15, 0.2) is 0 Å². The van der Waals surface area contributed by atoms with E-state index in [1.807, 2.05) is 18.5 Å². The predicted octanol–water partition coefficient (Wildman–Crippen LogP) is 3.96. The summed E-state index contributed by atoms with van der Waals surface area (Å²) in [5, 5.41) is 7.29. The van der Waals surface area contributed by atoms with Crippen molar-refractivity contribution in [1.29, 1.82) is 0 Å². The summed E-state index contributed by atoms with van der Waals surface area (Å²) in [6, 6.07) is 6.82. The molecule has 1 heterocycles. The lowest BCUT2D eigenvalue weighted by molar-refractivity contribution is 0.616. The minimum absolute atomic E-state index is 0.0244. The highest BCUT2D eigenvalue weighted by Crippen LogP contribution is 2.30. The minimum atomic E-state index is -0.214. The number of thiophene rings is 1. The van der Waals surface area contributed by atoms with Crippen LogP contribution in [0.5, 0.6) is 0 Å². The summed E-state index contributed by atoms with van der Waals surface area (Å²) in [6.07, 6.45) is 0. The predicted molar refractivity (Wildman–Crippen MR) is 69.3 cm³/mol. The SMILES string of the molecule is CNC(c1ccsc1)c1cc(F)ccc1Br. The first-order chi connectivity index (χ1) is 7.72. The van der Waals surface area contributed by atoms with E-state index in [0.29, 0.717) is 0 Å². The van der Waals surface area contributed by atoms with Crippen molar-refractivity contribution in [3.05, 3.63) is 56.4 Å². The molecule has 0 bridgehead atoms. The first-order valence-electron chi connectivity index (χ1n) is 4.86. The van der Waals surface area contributed by atoms with Gasteiger partial charge in [-0.1, -0.05) is 15.9 Å². The van der Waals surface area contributed by atoms with Gasteiger partial charge in [-0.3, -0.25) is 0 Å². The Balaban J connectivity index is 2.44. The average Bonchev–Trinajstić information content (AvgIpc) is 2.78. The molecule has 4 heteroatoms. The summed E-state index contributed by atoms with van der Waals surface area (Å²) in [5.41, 5.74) is 2.07. The third kappa shape index (κ3) is 2.34. The molecule has 0 fully saturated rings. The Kier molecular flexibility index (Phi) is 3.74. The second-order valence-electron chi connectivity index (χ2n) is 3.44. The van der Waals surface area contributed by atoms with Gasteiger partial charge in [0.2, 0.25) is 0 Å². The van der Waals surface area contributed by atoms with E-state index in [0.717, 1.165) is 15.6 Å². The van der Waals surface area contributed by atoms with Gasteiger partial charge in [-0.05, 0) is 53.2 Å². The summed E-state index contributed by atoms with van der Waals surface area (Å²) in [6.45, 7) is 0. The van der Waals surface area contributed by atoms with Gasteiger partial charge in [0.05, 0.1) is 6.04 Å². The maximum absolute atomic E-state index is 13.2. The third-order valence-electron chi connectivity index (χ3n) is 2.43. The van der Waals surface area contributed by atoms with Crippen LogP contribution in [-0.2, 0) is 0 Å². The Hall–Kier alpha value is -0.710. The summed E-state index contributed by atoms with van der Waals surface area (Å²) >= 11 is 5.09. The lowest BCUT2D eigenvalue weighted by Crippen LogP contribution is -2.17. The number of nitrogens with one attached hydrogen (secondary N) is 1. The second-order valence-corrected chi connectivity index (χ2v) is 5.08. The summed E-state index contributed by atoms with van der Waals surface area (Å²) < 4.78 is 14.2. The Morgan fingerprint density at radius 3 is 2.81 bits per heavy atom. The molecule has 1 aromatic carbocycles. The second kappa shape index (κ2) is 5.08. The molecule has 1 N–H and O–H groups in total. The first kappa shape index (κ1) is 11.8. The van der Waals surface area contributed by atoms with Crippen LogP contribution >= 0.6 is 27.3 Å². The maximum atomic E-state index is 13.2. The Morgan fingerprint density at radius 1 is 1.38 bits per heavy atom. The zero-order valence-corrected chi connectivity index (χ0v) is 11.1. The van der Waals surface area contributed by atoms with Crippen molar-refractivity contribution in [2.75, 3.05) is 7.05 Å². The Labute approximate surface area is 106 Å². The van der Waals surface area contributed by atoms with Crippen LogP contribution in [0, 0.1) is 5.82 Å². The zero-order valence-electron chi connectivity index (χ0n) is 8.71. The van der Waals surface area contributed by atoms with E-state index < -0.39 is 0 Å². The van der Waals surface area contributed by atoms with Crippen LogP contribution in [0.3, 0.4) is 0 Å². The monoisotopic (exact) mass is 299 g/mol. The van der Waals surface area contributed by atoms with Crippen molar-refractivity contribution in [2.45, 2.75) is 6.04 Å². The van der Waals surface area contributed by atoms with Gasteiger partial charge < -0.3 is 5.32 Å². The highest BCUT2D eigenvalue weighted by Gasteiger charge is 2.15. The topological polar surface area (TPSA) is 12.0 Å². The van der Waals surface area contributed by atoms with Gasteiger partial charge in [-0.25, -0.2) is 4.39 Å². The molecule has 0 spiro atoms. The number of halogens is 2. The highest BCUT2D eigenvalue weighted by molar-refractivity contribution is 9.10. The molecule has 1 unspecified atom stereocenters. The lowest BCUT2D eigenvalue weighted by atomic mass is 10.0. The average molecular weight is 300 g/mol. The fraction of sp³-hybridized carbons (Fsp3) is 0.167. The van der Waals surface area contributed by atoms with Gasteiger partial charge >= 0.3 is 0 Å². The van der Waals surface area contributed by atoms with Gasteiger partial charge in [-0.2, -0.15) is 11.3 Å². The van der Waals surface area contributed by atoms with E-state index in [9.17, 15) is 4.39 Å². The summed E-state index contributed by atoms with van der Waals surface area (Å²) in [4.78, 5) is 0. The molecule has 0 radical (unpaired) electrons. The van der Waals surface area contributed by atoms with Crippen LogP contribution in [0.4, 0.5) is 4.39 Å². The minimum Gasteiger partial charge on any atom is -0.309 e. The summed E-state index contributed by atoms with van der Waals surface area (Å²) in [7, 11) is 1.87. The fourth-order valence-electron chi connectivity index (χ4n) is 1.68. The van der Waals surface area contributed by atoms with Gasteiger partial charge in [0, 0.05) is 4.47 Å². The number of hydrogen-bond acceptors (Lipinski definition) is 2. The van der Waals surface area contributed by atoms with Crippen LogP contribution in [0.2, 0.25) is 0 Å². The van der Waals surface area contributed by atoms with E-state index >= 15 is 0 Å². The molecule has 0 aliphatic rings. The zero-order chi connectivity index (χ0) is 11.5. The Morgan fingerprint density at radius 2 is 2.19 bits per heavy atom. The smallest absolute Gasteiger partial charge is 0.123 e. The normalized spacial score (nSPS) is 12.7. The fourth-order valence-corrected chi connectivity index (χ4v) is 2.84. The largest absolute Gasteiger partial charge is 0.309 e. The molecule has 0 aliphatic carbocycles. The Bertz CT molecular complexity index is 470. The number of hydrogen-bond donors (Lipinski definition) is 1. The number of benzene rings is 1. The molecular formula is C12H11BrFNS. The van der Waals surface area contributed by atoms with Crippen molar-refractivity contribution >= 4 is 27.3 Å². The third-order valence-corrected chi connectivity index (χ3v) is 3.86. The molecule has 2 aromatic rings. The summed E-state index contributed by atoms with van der Waals surface area (Å²) in [5.74, 6) is -0.214. The molecule has 1 aromatic heterocycles. The molecule has 0 amide bonds. The molecule has 1 nitrogen and oxygen atoms in total. The van der Waals surface area contributed by atoms with Gasteiger partial charge in [-0.15, -0.1) is 0 Å². The van der Waals surface area contributed by atoms with Gasteiger partial charge in [0.25, 0.3) is 0 Å². The van der Waals surface area contributed by atoms with Crippen LogP contribution in [0.1, 0.15) is 17.2 Å². The van der Waals surface area contributed by atoms with Crippen molar-refractivity contribution in [1.82, 2.24) is 5.32 Å².